The smallest absolute Gasteiger partial charge is 0.345 e. The van der Waals surface area contributed by atoms with E-state index in [-0.39, 0.29) is 51.6 Å². The number of pyridine rings is 2. The summed E-state index contributed by atoms with van der Waals surface area (Å²) in [7, 11) is 3.18. The molecule has 63 heavy (non-hydrogen) atoms. The Labute approximate surface area is 373 Å². The number of nitrogens with zero attached hydrogens (tertiary/aromatic N) is 4. The number of halogens is 2. The third-order valence-electron chi connectivity index (χ3n) is 11.3. The zero-order valence-electron chi connectivity index (χ0n) is 35.2. The van der Waals surface area contributed by atoms with E-state index in [1.165, 1.54) is 18.2 Å². The summed E-state index contributed by atoms with van der Waals surface area (Å²) in [5.74, 6) is -3.92. The number of benzene rings is 3. The van der Waals surface area contributed by atoms with E-state index in [0.717, 1.165) is 11.4 Å². The second-order valence-corrected chi connectivity index (χ2v) is 15.5. The molecular weight excluding hydrogens is 855 g/mol. The number of hydrogen-bond acceptors (Lipinski definition) is 14. The highest BCUT2D eigenvalue weighted by atomic mass is 35.5. The molecule has 0 atom stereocenters. The van der Waals surface area contributed by atoms with Gasteiger partial charge in [-0.25, -0.2) is 9.59 Å². The molecule has 0 bridgehead atoms. The fourth-order valence-corrected chi connectivity index (χ4v) is 8.78. The second kappa shape index (κ2) is 19.3. The lowest BCUT2D eigenvalue weighted by atomic mass is 9.83. The van der Waals surface area contributed by atoms with E-state index < -0.39 is 51.6 Å². The van der Waals surface area contributed by atoms with Crippen molar-refractivity contribution < 1.29 is 38.7 Å². The number of rotatable bonds is 13. The summed E-state index contributed by atoms with van der Waals surface area (Å²) in [6.07, 6.45) is 0. The van der Waals surface area contributed by atoms with Gasteiger partial charge in [-0.3, -0.25) is 9.59 Å². The van der Waals surface area contributed by atoms with E-state index in [9.17, 15) is 29.4 Å². The van der Waals surface area contributed by atoms with Crippen molar-refractivity contribution in [3.05, 3.63) is 125 Å². The van der Waals surface area contributed by atoms with Gasteiger partial charge in [0.25, 0.3) is 11.1 Å². The van der Waals surface area contributed by atoms with E-state index in [1.54, 1.807) is 37.9 Å². The highest BCUT2D eigenvalue weighted by molar-refractivity contribution is 6.36. The van der Waals surface area contributed by atoms with Gasteiger partial charge in [0, 0.05) is 79.3 Å². The Morgan fingerprint density at radius 2 is 0.937 bits per heavy atom. The molecule has 4 N–H and O–H groups in total. The van der Waals surface area contributed by atoms with Crippen LogP contribution in [0, 0.1) is 0 Å². The number of piperazine rings is 2. The first-order chi connectivity index (χ1) is 30.4. The van der Waals surface area contributed by atoms with Crippen LogP contribution in [-0.2, 0) is 9.47 Å². The van der Waals surface area contributed by atoms with E-state index >= 15 is 0 Å². The quantitative estimate of drug-likeness (QED) is 0.101. The van der Waals surface area contributed by atoms with Gasteiger partial charge < -0.3 is 58.7 Å². The maximum Gasteiger partial charge on any atom is 0.345 e. The monoisotopic (exact) mass is 902 g/mol. The average Bonchev–Trinajstić information content (AvgIpc) is 3.28. The van der Waals surface area contributed by atoms with Crippen molar-refractivity contribution in [2.45, 2.75) is 19.8 Å². The van der Waals surface area contributed by atoms with Gasteiger partial charge in [0.15, 0.2) is 0 Å². The topological polar surface area (TPSA) is 190 Å². The normalized spacial score (nSPS) is 14.2. The van der Waals surface area contributed by atoms with Crippen molar-refractivity contribution in [3.8, 4) is 23.0 Å². The Morgan fingerprint density at radius 1 is 0.587 bits per heavy atom. The molecule has 2 aliphatic heterocycles. The number of methoxy groups -OCH3 is 2. The zero-order valence-corrected chi connectivity index (χ0v) is 36.7. The van der Waals surface area contributed by atoms with E-state index in [0.29, 0.717) is 63.9 Å². The number of anilines is 4. The van der Waals surface area contributed by atoms with Gasteiger partial charge in [-0.15, -0.1) is 0 Å². The van der Waals surface area contributed by atoms with Crippen molar-refractivity contribution in [1.29, 1.82) is 0 Å². The molecule has 7 rings (SSSR count). The van der Waals surface area contributed by atoms with Gasteiger partial charge in [-0.2, -0.15) is 0 Å². The number of nitrogens with one attached hydrogen (secondary N) is 2. The second-order valence-electron chi connectivity index (χ2n) is 14.7. The molecule has 16 nitrogen and oxygen atoms in total. The van der Waals surface area contributed by atoms with Gasteiger partial charge in [0.1, 0.15) is 45.8 Å². The molecule has 5 aromatic rings. The minimum atomic E-state index is -1.75. The highest BCUT2D eigenvalue weighted by Crippen LogP contribution is 2.46. The number of esters is 2. The SMILES string of the molecule is CCOC(=O)c1c(N2CCN(c3ccc(OC)cc3)CC2)[nH]c(=O)c(C(c2c(Cl)cccc2Cl)c2c(O)c(C(=O)OCC)c(N3CCN(c4ccc(OC)cc4)CC3)[nH]c2=O)c1O. The predicted octanol–water partition coefficient (Wildman–Crippen LogP) is 5.99. The molecule has 2 fully saturated rings. The van der Waals surface area contributed by atoms with E-state index in [1.807, 2.05) is 48.5 Å². The van der Waals surface area contributed by atoms with Gasteiger partial charge >= 0.3 is 11.9 Å². The van der Waals surface area contributed by atoms with Crippen LogP contribution in [0.1, 0.15) is 57.2 Å². The van der Waals surface area contributed by atoms with E-state index in [2.05, 4.69) is 19.8 Å². The van der Waals surface area contributed by atoms with Crippen LogP contribution in [0.25, 0.3) is 0 Å². The Balaban J connectivity index is 1.34. The Morgan fingerprint density at radius 3 is 1.27 bits per heavy atom. The first kappa shape index (κ1) is 44.5. The van der Waals surface area contributed by atoms with Crippen LogP contribution >= 0.6 is 23.2 Å². The highest BCUT2D eigenvalue weighted by Gasteiger charge is 2.39. The van der Waals surface area contributed by atoms with Crippen LogP contribution in [0.3, 0.4) is 0 Å². The molecule has 3 aromatic carbocycles. The van der Waals surface area contributed by atoms with Crippen LogP contribution < -0.4 is 40.2 Å². The minimum Gasteiger partial charge on any atom is -0.506 e. The first-order valence-corrected chi connectivity index (χ1v) is 21.2. The Kier molecular flexibility index (Phi) is 13.6. The summed E-state index contributed by atoms with van der Waals surface area (Å²) < 4.78 is 21.4. The van der Waals surface area contributed by atoms with Gasteiger partial charge in [0.05, 0.1) is 44.5 Å². The Hall–Kier alpha value is -6.52. The van der Waals surface area contributed by atoms with Crippen molar-refractivity contribution in [3.63, 3.8) is 0 Å². The third-order valence-corrected chi connectivity index (χ3v) is 12.0. The molecule has 2 aliphatic rings. The number of aromatic amines is 2. The molecule has 2 aromatic heterocycles. The molecule has 0 spiro atoms. The van der Waals surface area contributed by atoms with Crippen LogP contribution in [0.4, 0.5) is 23.0 Å². The molecule has 18 heteroatoms. The summed E-state index contributed by atoms with van der Waals surface area (Å²) in [4.78, 5) is 70.4. The average molecular weight is 904 g/mol. The Bertz CT molecular complexity index is 2410. The van der Waals surface area contributed by atoms with Crippen LogP contribution in [0.2, 0.25) is 10.0 Å². The minimum absolute atomic E-state index is 0.00689. The van der Waals surface area contributed by atoms with Gasteiger partial charge in [-0.1, -0.05) is 29.3 Å². The van der Waals surface area contributed by atoms with Crippen LogP contribution in [-0.4, -0.2) is 112 Å². The van der Waals surface area contributed by atoms with Gasteiger partial charge in [0.2, 0.25) is 0 Å². The number of carbonyl (C=O) groups is 2. The zero-order chi connectivity index (χ0) is 44.9. The first-order valence-electron chi connectivity index (χ1n) is 20.4. The molecule has 0 saturated carbocycles. The maximum atomic E-state index is 14.6. The third kappa shape index (κ3) is 8.91. The molecule has 0 unspecified atom stereocenters. The molecule has 0 amide bonds. The van der Waals surface area contributed by atoms with Crippen LogP contribution in [0.5, 0.6) is 23.0 Å². The lowest BCUT2D eigenvalue weighted by molar-refractivity contribution is 0.0513. The summed E-state index contributed by atoms with van der Waals surface area (Å²) in [5, 5.41) is 24.6. The molecule has 0 radical (unpaired) electrons. The summed E-state index contributed by atoms with van der Waals surface area (Å²) in [6, 6.07) is 19.6. The lowest BCUT2D eigenvalue weighted by Gasteiger charge is -2.38. The number of carbonyl (C=O) groups excluding carboxylic acids is 2. The van der Waals surface area contributed by atoms with Crippen molar-refractivity contribution in [2.75, 3.05) is 99.4 Å². The van der Waals surface area contributed by atoms with Crippen LogP contribution in [0.15, 0.2) is 76.3 Å². The predicted molar refractivity (Wildman–Crippen MR) is 242 cm³/mol. The molecular formula is C45H48Cl2N6O10. The standard InChI is InChI=1S/C45H48Cl2N6O10/c1-5-62-44(58)36-38(54)34(42(56)48-40(36)52-22-18-50(19-23-52)26-10-14-28(60-3)15-11-26)33(32-30(46)8-7-9-31(32)47)35-39(55)37(45(59)63-6-2)41(49-43(35)57)53-24-20-51(21-25-53)27-12-16-29(61-4)17-13-27/h7-17,33H,5-6,18-25H2,1-4H3,(H2,48,54,56)(H2,49,55,57). The number of aromatic nitrogens is 2. The number of hydrogen-bond donors (Lipinski definition) is 4. The number of ether oxygens (including phenoxy) is 4. The summed E-state index contributed by atoms with van der Waals surface area (Å²) >= 11 is 13.6. The summed E-state index contributed by atoms with van der Waals surface area (Å²) in [6.45, 7) is 6.29. The number of aromatic hydroxyl groups is 2. The molecule has 2 saturated heterocycles. The van der Waals surface area contributed by atoms with E-state index in [4.69, 9.17) is 42.1 Å². The fourth-order valence-electron chi connectivity index (χ4n) is 8.17. The number of H-pyrrole nitrogens is 2. The van der Waals surface area contributed by atoms with Crippen molar-refractivity contribution in [2.24, 2.45) is 0 Å². The fraction of sp³-hybridized carbons (Fsp3) is 0.333. The molecule has 4 heterocycles. The summed E-state index contributed by atoms with van der Waals surface area (Å²) in [5.41, 5.74) is -1.89. The lowest BCUT2D eigenvalue weighted by Crippen LogP contribution is -2.48. The maximum absolute atomic E-state index is 14.6. The van der Waals surface area contributed by atoms with Gasteiger partial charge in [-0.05, 0) is 74.5 Å². The van der Waals surface area contributed by atoms with Crippen molar-refractivity contribution >= 4 is 58.2 Å². The molecule has 332 valence electrons. The molecule has 0 aliphatic carbocycles. The van der Waals surface area contributed by atoms with Crippen molar-refractivity contribution in [1.82, 2.24) is 9.97 Å². The largest absolute Gasteiger partial charge is 0.506 e.